The standard InChI is InChI=1S/C15H22N2O2/c1-2-19-14-5-3-4-11(15(14)18)8-17-9-12-6-16-7-13(12)10-17/h3-5,12-13,16,18H,2,6-10H2,1H3. The minimum atomic E-state index is 0.305. The van der Waals surface area contributed by atoms with Crippen molar-refractivity contribution in [2.75, 3.05) is 32.8 Å². The number of likely N-dealkylation sites (tertiary alicyclic amines) is 1. The summed E-state index contributed by atoms with van der Waals surface area (Å²) in [4.78, 5) is 2.45. The molecule has 0 radical (unpaired) electrons. The van der Waals surface area contributed by atoms with Crippen molar-refractivity contribution in [3.05, 3.63) is 23.8 Å². The van der Waals surface area contributed by atoms with Crippen molar-refractivity contribution >= 4 is 0 Å². The minimum Gasteiger partial charge on any atom is -0.504 e. The number of hydrogen-bond donors (Lipinski definition) is 2. The average Bonchev–Trinajstić information content (AvgIpc) is 2.95. The molecule has 1 aromatic rings. The molecule has 0 saturated carbocycles. The number of aromatic hydroxyl groups is 1. The van der Waals surface area contributed by atoms with Crippen LogP contribution in [0.4, 0.5) is 0 Å². The Kier molecular flexibility index (Phi) is 3.62. The van der Waals surface area contributed by atoms with E-state index in [9.17, 15) is 5.11 Å². The normalized spacial score (nSPS) is 26.6. The largest absolute Gasteiger partial charge is 0.504 e. The Balaban J connectivity index is 1.68. The number of phenolic OH excluding ortho intramolecular Hbond substituents is 1. The molecule has 0 aliphatic carbocycles. The second-order valence-corrected chi connectivity index (χ2v) is 5.57. The van der Waals surface area contributed by atoms with Crippen LogP contribution in [0.15, 0.2) is 18.2 Å². The molecule has 2 atom stereocenters. The van der Waals surface area contributed by atoms with E-state index >= 15 is 0 Å². The number of phenols is 1. The van der Waals surface area contributed by atoms with Crippen molar-refractivity contribution in [1.29, 1.82) is 0 Å². The molecular formula is C15H22N2O2. The van der Waals surface area contributed by atoms with Gasteiger partial charge in [0.25, 0.3) is 0 Å². The van der Waals surface area contributed by atoms with Crippen molar-refractivity contribution in [1.82, 2.24) is 10.2 Å². The van der Waals surface area contributed by atoms with Crippen LogP contribution in [0, 0.1) is 11.8 Å². The predicted molar refractivity (Wildman–Crippen MR) is 74.4 cm³/mol. The van der Waals surface area contributed by atoms with Gasteiger partial charge in [0.1, 0.15) is 0 Å². The zero-order valence-electron chi connectivity index (χ0n) is 11.4. The van der Waals surface area contributed by atoms with Crippen molar-refractivity contribution in [2.45, 2.75) is 13.5 Å². The van der Waals surface area contributed by atoms with E-state index in [-0.39, 0.29) is 0 Å². The van der Waals surface area contributed by atoms with Gasteiger partial charge in [-0.15, -0.1) is 0 Å². The number of benzene rings is 1. The summed E-state index contributed by atoms with van der Waals surface area (Å²) in [7, 11) is 0. The Morgan fingerprint density at radius 3 is 2.74 bits per heavy atom. The molecule has 104 valence electrons. The lowest BCUT2D eigenvalue weighted by Gasteiger charge is -2.18. The van der Waals surface area contributed by atoms with Crippen LogP contribution in [0.25, 0.3) is 0 Å². The first-order chi connectivity index (χ1) is 9.28. The lowest BCUT2D eigenvalue weighted by atomic mass is 10.0. The third-order valence-corrected chi connectivity index (χ3v) is 4.24. The van der Waals surface area contributed by atoms with Crippen LogP contribution in [0.5, 0.6) is 11.5 Å². The first kappa shape index (κ1) is 12.8. The van der Waals surface area contributed by atoms with Crippen LogP contribution >= 0.6 is 0 Å². The Hall–Kier alpha value is -1.26. The Morgan fingerprint density at radius 1 is 1.32 bits per heavy atom. The first-order valence-corrected chi connectivity index (χ1v) is 7.14. The fourth-order valence-corrected chi connectivity index (χ4v) is 3.29. The number of rotatable bonds is 4. The van der Waals surface area contributed by atoms with Crippen molar-refractivity contribution < 1.29 is 9.84 Å². The molecule has 19 heavy (non-hydrogen) atoms. The summed E-state index contributed by atoms with van der Waals surface area (Å²) in [5.41, 5.74) is 0.971. The first-order valence-electron chi connectivity index (χ1n) is 7.14. The minimum absolute atomic E-state index is 0.305. The summed E-state index contributed by atoms with van der Waals surface area (Å²) in [6.45, 7) is 7.89. The quantitative estimate of drug-likeness (QED) is 0.862. The summed E-state index contributed by atoms with van der Waals surface area (Å²) in [5, 5.41) is 13.7. The van der Waals surface area contributed by atoms with Gasteiger partial charge in [-0.3, -0.25) is 4.90 Å². The fraction of sp³-hybridized carbons (Fsp3) is 0.600. The third-order valence-electron chi connectivity index (χ3n) is 4.24. The molecule has 4 nitrogen and oxygen atoms in total. The molecule has 1 aromatic carbocycles. The van der Waals surface area contributed by atoms with Gasteiger partial charge in [-0.05, 0) is 37.9 Å². The SMILES string of the molecule is CCOc1cccc(CN2CC3CNCC3C2)c1O. The summed E-state index contributed by atoms with van der Waals surface area (Å²) < 4.78 is 5.44. The van der Waals surface area contributed by atoms with Crippen LogP contribution in [0.1, 0.15) is 12.5 Å². The van der Waals surface area contributed by atoms with Crippen LogP contribution in [0.2, 0.25) is 0 Å². The van der Waals surface area contributed by atoms with Crippen LogP contribution in [-0.2, 0) is 6.54 Å². The topological polar surface area (TPSA) is 44.7 Å². The molecular weight excluding hydrogens is 240 g/mol. The molecule has 0 aromatic heterocycles. The number of nitrogens with one attached hydrogen (secondary N) is 1. The van der Waals surface area contributed by atoms with Gasteiger partial charge >= 0.3 is 0 Å². The molecule has 2 N–H and O–H groups in total. The molecule has 2 aliphatic heterocycles. The number of fused-ring (bicyclic) bond motifs is 1. The lowest BCUT2D eigenvalue weighted by Crippen LogP contribution is -2.25. The third kappa shape index (κ3) is 2.55. The Labute approximate surface area is 114 Å². The molecule has 2 heterocycles. The van der Waals surface area contributed by atoms with E-state index in [2.05, 4.69) is 10.2 Å². The average molecular weight is 262 g/mol. The lowest BCUT2D eigenvalue weighted by molar-refractivity contribution is 0.290. The van der Waals surface area contributed by atoms with E-state index in [0.717, 1.165) is 50.1 Å². The van der Waals surface area contributed by atoms with Crippen molar-refractivity contribution in [2.24, 2.45) is 11.8 Å². The van der Waals surface area contributed by atoms with Gasteiger partial charge in [-0.25, -0.2) is 0 Å². The summed E-state index contributed by atoms with van der Waals surface area (Å²) in [5.74, 6) is 2.48. The van der Waals surface area contributed by atoms with E-state index in [1.165, 1.54) is 0 Å². The monoisotopic (exact) mass is 262 g/mol. The van der Waals surface area contributed by atoms with Gasteiger partial charge < -0.3 is 15.2 Å². The zero-order valence-corrected chi connectivity index (χ0v) is 11.4. The second-order valence-electron chi connectivity index (χ2n) is 5.57. The summed E-state index contributed by atoms with van der Waals surface area (Å²) in [6.07, 6.45) is 0. The van der Waals surface area contributed by atoms with E-state index in [1.807, 2.05) is 25.1 Å². The van der Waals surface area contributed by atoms with Gasteiger partial charge in [0.2, 0.25) is 0 Å². The number of ether oxygens (including phenoxy) is 1. The maximum atomic E-state index is 10.2. The maximum absolute atomic E-state index is 10.2. The van der Waals surface area contributed by atoms with Crippen LogP contribution < -0.4 is 10.1 Å². The number of nitrogens with zero attached hydrogens (tertiary/aromatic N) is 1. The van der Waals surface area contributed by atoms with Crippen molar-refractivity contribution in [3.63, 3.8) is 0 Å². The molecule has 2 fully saturated rings. The molecule has 0 spiro atoms. The Morgan fingerprint density at radius 2 is 2.05 bits per heavy atom. The van der Waals surface area contributed by atoms with Gasteiger partial charge in [0.15, 0.2) is 11.5 Å². The molecule has 2 saturated heterocycles. The molecule has 4 heteroatoms. The van der Waals surface area contributed by atoms with Gasteiger partial charge in [-0.1, -0.05) is 12.1 Å². The van der Waals surface area contributed by atoms with E-state index in [1.54, 1.807) is 0 Å². The molecule has 0 amide bonds. The van der Waals surface area contributed by atoms with E-state index < -0.39 is 0 Å². The zero-order chi connectivity index (χ0) is 13.2. The Bertz CT molecular complexity index is 438. The molecule has 3 rings (SSSR count). The second kappa shape index (κ2) is 5.39. The fourth-order valence-electron chi connectivity index (χ4n) is 3.29. The summed E-state index contributed by atoms with van der Waals surface area (Å²) in [6, 6.07) is 5.77. The molecule has 0 bridgehead atoms. The van der Waals surface area contributed by atoms with Gasteiger partial charge in [-0.2, -0.15) is 0 Å². The van der Waals surface area contributed by atoms with Crippen molar-refractivity contribution in [3.8, 4) is 11.5 Å². The van der Waals surface area contributed by atoms with E-state index in [4.69, 9.17) is 4.74 Å². The highest BCUT2D eigenvalue weighted by Crippen LogP contribution is 2.33. The van der Waals surface area contributed by atoms with Crippen LogP contribution in [-0.4, -0.2) is 42.8 Å². The highest BCUT2D eigenvalue weighted by Gasteiger charge is 2.36. The molecule has 2 unspecified atom stereocenters. The van der Waals surface area contributed by atoms with Gasteiger partial charge in [0, 0.05) is 25.2 Å². The number of hydrogen-bond acceptors (Lipinski definition) is 4. The van der Waals surface area contributed by atoms with Gasteiger partial charge in [0.05, 0.1) is 6.61 Å². The smallest absolute Gasteiger partial charge is 0.162 e. The van der Waals surface area contributed by atoms with Crippen LogP contribution in [0.3, 0.4) is 0 Å². The highest BCUT2D eigenvalue weighted by molar-refractivity contribution is 5.45. The predicted octanol–water partition coefficient (Wildman–Crippen LogP) is 1.44. The number of para-hydroxylation sites is 1. The summed E-state index contributed by atoms with van der Waals surface area (Å²) >= 11 is 0. The van der Waals surface area contributed by atoms with E-state index in [0.29, 0.717) is 18.1 Å². The highest BCUT2D eigenvalue weighted by atomic mass is 16.5. The molecule has 2 aliphatic rings. The maximum Gasteiger partial charge on any atom is 0.162 e.